The fraction of sp³-hybridized carbons (Fsp3) is 0.286. The number of hydrogen-bond acceptors (Lipinski definition) is 5. The normalized spacial score (nSPS) is 11.9. The molecule has 0 atom stereocenters. The van der Waals surface area contributed by atoms with Crippen LogP contribution in [0.3, 0.4) is 0 Å². The van der Waals surface area contributed by atoms with Crippen molar-refractivity contribution >= 4 is 16.9 Å². The Morgan fingerprint density at radius 2 is 1.86 bits per heavy atom. The second-order valence-corrected chi connectivity index (χ2v) is 7.77. The van der Waals surface area contributed by atoms with Gasteiger partial charge in [-0.15, -0.1) is 0 Å². The summed E-state index contributed by atoms with van der Waals surface area (Å²) in [5.41, 5.74) is 1.45. The lowest BCUT2D eigenvalue weighted by atomic mass is 9.88. The zero-order valence-electron chi connectivity index (χ0n) is 16.7. The highest BCUT2D eigenvalue weighted by atomic mass is 19.1. The summed E-state index contributed by atoms with van der Waals surface area (Å²) in [5.74, 6) is -0.205. The van der Waals surface area contributed by atoms with Gasteiger partial charge in [0.25, 0.3) is 0 Å². The second-order valence-electron chi connectivity index (χ2n) is 7.77. The molecular weight excluding hydrogens is 371 g/mol. The van der Waals surface area contributed by atoms with Crippen molar-refractivity contribution in [2.45, 2.75) is 34.2 Å². The van der Waals surface area contributed by atoms with Crippen molar-refractivity contribution in [3.8, 4) is 17.2 Å². The van der Waals surface area contributed by atoms with E-state index in [-0.39, 0.29) is 17.2 Å². The van der Waals surface area contributed by atoms with Crippen LogP contribution in [0.15, 0.2) is 42.9 Å². The molecule has 0 N–H and O–H groups in total. The number of nitrogens with zero attached hydrogens (tertiary/aromatic N) is 6. The minimum Gasteiger partial charge on any atom is -0.293 e. The van der Waals surface area contributed by atoms with Crippen LogP contribution in [0, 0.1) is 11.2 Å². The van der Waals surface area contributed by atoms with E-state index in [2.05, 4.69) is 20.1 Å². The van der Waals surface area contributed by atoms with E-state index in [9.17, 15) is 9.18 Å². The maximum absolute atomic E-state index is 14.6. The molecule has 4 rings (SSSR count). The number of benzene rings is 1. The molecule has 0 aliphatic rings. The summed E-state index contributed by atoms with van der Waals surface area (Å²) in [7, 11) is 0. The Balaban J connectivity index is 1.91. The predicted octanol–water partition coefficient (Wildman–Crippen LogP) is 4.07. The van der Waals surface area contributed by atoms with Crippen LogP contribution in [-0.2, 0) is 6.54 Å². The topological polar surface area (TPSA) is 78.5 Å². The summed E-state index contributed by atoms with van der Waals surface area (Å²) in [6.07, 6.45) is 2.65. The van der Waals surface area contributed by atoms with E-state index in [1.54, 1.807) is 16.7 Å². The molecule has 0 radical (unpaired) electrons. The zero-order valence-corrected chi connectivity index (χ0v) is 16.7. The highest BCUT2D eigenvalue weighted by Gasteiger charge is 2.29. The number of aromatic nitrogens is 6. The maximum Gasteiger partial charge on any atom is 0.233 e. The van der Waals surface area contributed by atoms with Crippen molar-refractivity contribution in [1.82, 2.24) is 29.3 Å². The molecule has 4 aromatic rings. The van der Waals surface area contributed by atoms with Gasteiger partial charge in [0.15, 0.2) is 17.2 Å². The third kappa shape index (κ3) is 3.20. The monoisotopic (exact) mass is 392 g/mol. The molecule has 8 heteroatoms. The van der Waals surface area contributed by atoms with Gasteiger partial charge in [0, 0.05) is 17.5 Å². The Morgan fingerprint density at radius 1 is 1.14 bits per heavy atom. The molecule has 0 fully saturated rings. The Labute approximate surface area is 167 Å². The number of carbonyl (C=O) groups is 1. The third-order valence-corrected chi connectivity index (χ3v) is 4.65. The number of fused-ring (bicyclic) bond motifs is 1. The molecule has 7 nitrogen and oxygen atoms in total. The summed E-state index contributed by atoms with van der Waals surface area (Å²) < 4.78 is 17.8. The number of aryl methyl sites for hydroxylation is 1. The molecule has 0 saturated heterocycles. The van der Waals surface area contributed by atoms with Crippen LogP contribution < -0.4 is 0 Å². The van der Waals surface area contributed by atoms with Crippen molar-refractivity contribution in [2.75, 3.05) is 0 Å². The van der Waals surface area contributed by atoms with Crippen LogP contribution in [0.4, 0.5) is 4.39 Å². The molecule has 0 aliphatic heterocycles. The first-order valence-electron chi connectivity index (χ1n) is 9.38. The van der Waals surface area contributed by atoms with E-state index in [1.165, 1.54) is 17.2 Å². The lowest BCUT2D eigenvalue weighted by molar-refractivity contribution is 0.0854. The van der Waals surface area contributed by atoms with E-state index < -0.39 is 11.2 Å². The molecule has 0 bridgehead atoms. The fourth-order valence-corrected chi connectivity index (χ4v) is 3.16. The quantitative estimate of drug-likeness (QED) is 0.489. The number of Topliss-reactive ketones (excluding diaryl/α,β-unsaturated/α-hetero) is 1. The molecule has 0 unspecified atom stereocenters. The molecule has 29 heavy (non-hydrogen) atoms. The Kier molecular flexibility index (Phi) is 4.49. The first kappa shape index (κ1) is 18.9. The maximum atomic E-state index is 14.6. The van der Waals surface area contributed by atoms with Gasteiger partial charge in [-0.05, 0) is 6.92 Å². The second kappa shape index (κ2) is 6.88. The first-order valence-corrected chi connectivity index (χ1v) is 9.38. The van der Waals surface area contributed by atoms with Crippen molar-refractivity contribution in [2.24, 2.45) is 5.41 Å². The average Bonchev–Trinajstić information content (AvgIpc) is 3.27. The molecule has 3 aromatic heterocycles. The molecule has 148 valence electrons. The van der Waals surface area contributed by atoms with Gasteiger partial charge in [0.05, 0.1) is 6.20 Å². The molecular formula is C21H21FN6O. The summed E-state index contributed by atoms with van der Waals surface area (Å²) >= 11 is 0. The zero-order chi connectivity index (χ0) is 20.8. The predicted molar refractivity (Wildman–Crippen MR) is 107 cm³/mol. The number of carbonyl (C=O) groups excluding carboxylic acids is 1. The number of imidazole rings is 1. The van der Waals surface area contributed by atoms with Gasteiger partial charge >= 0.3 is 0 Å². The largest absolute Gasteiger partial charge is 0.293 e. The molecule has 0 aliphatic carbocycles. The van der Waals surface area contributed by atoms with Crippen LogP contribution in [-0.4, -0.2) is 35.1 Å². The summed E-state index contributed by atoms with van der Waals surface area (Å²) in [6.45, 7) is 7.94. The van der Waals surface area contributed by atoms with Gasteiger partial charge in [0.1, 0.15) is 23.2 Å². The van der Waals surface area contributed by atoms with Gasteiger partial charge in [-0.25, -0.2) is 24.0 Å². The Bertz CT molecular complexity index is 1200. The molecule has 0 amide bonds. The van der Waals surface area contributed by atoms with Crippen molar-refractivity contribution < 1.29 is 9.18 Å². The van der Waals surface area contributed by atoms with Gasteiger partial charge in [-0.2, -0.15) is 5.10 Å². The SMILES string of the molecule is CCn1c(-n2cc(F)c(-c3ccccc3)n2)nc2c(C(=O)C(C)(C)C)ncnc21. The molecule has 3 heterocycles. The summed E-state index contributed by atoms with van der Waals surface area (Å²) in [4.78, 5) is 25.9. The van der Waals surface area contributed by atoms with E-state index in [0.717, 1.165) is 0 Å². The van der Waals surface area contributed by atoms with E-state index >= 15 is 0 Å². The van der Waals surface area contributed by atoms with Crippen molar-refractivity contribution in [3.05, 3.63) is 54.4 Å². The minimum atomic E-state index is -0.615. The lowest BCUT2D eigenvalue weighted by Gasteiger charge is -2.15. The Hall–Kier alpha value is -3.42. The van der Waals surface area contributed by atoms with Crippen LogP contribution in [0.5, 0.6) is 0 Å². The van der Waals surface area contributed by atoms with Crippen LogP contribution in [0.2, 0.25) is 0 Å². The first-order chi connectivity index (χ1) is 13.8. The van der Waals surface area contributed by atoms with Gasteiger partial charge in [-0.3, -0.25) is 9.36 Å². The summed E-state index contributed by atoms with van der Waals surface area (Å²) in [5, 5.41) is 4.40. The third-order valence-electron chi connectivity index (χ3n) is 4.65. The van der Waals surface area contributed by atoms with Crippen LogP contribution >= 0.6 is 0 Å². The number of hydrogen-bond donors (Lipinski definition) is 0. The number of halogens is 1. The average molecular weight is 392 g/mol. The molecule has 1 aromatic carbocycles. The minimum absolute atomic E-state index is 0.131. The standard InChI is InChI=1S/C21H21FN6O/c1-5-27-19-17(16(23-12-24-19)18(29)21(2,3)4)25-20(27)28-11-14(22)15(26-28)13-9-7-6-8-10-13/h6-12H,5H2,1-4H3. The molecule has 0 saturated carbocycles. The van der Waals surface area contributed by atoms with E-state index in [1.807, 2.05) is 45.9 Å². The fourth-order valence-electron chi connectivity index (χ4n) is 3.16. The lowest BCUT2D eigenvalue weighted by Crippen LogP contribution is -2.22. The van der Waals surface area contributed by atoms with E-state index in [4.69, 9.17) is 0 Å². The number of ketones is 1. The van der Waals surface area contributed by atoms with Crippen molar-refractivity contribution in [1.29, 1.82) is 0 Å². The van der Waals surface area contributed by atoms with Gasteiger partial charge < -0.3 is 0 Å². The van der Waals surface area contributed by atoms with Gasteiger partial charge in [0.2, 0.25) is 5.95 Å². The number of rotatable bonds is 4. The highest BCUT2D eigenvalue weighted by molar-refractivity contribution is 6.06. The highest BCUT2D eigenvalue weighted by Crippen LogP contribution is 2.27. The smallest absolute Gasteiger partial charge is 0.233 e. The summed E-state index contributed by atoms with van der Waals surface area (Å²) in [6, 6.07) is 9.11. The van der Waals surface area contributed by atoms with Gasteiger partial charge in [-0.1, -0.05) is 51.1 Å². The van der Waals surface area contributed by atoms with Crippen LogP contribution in [0.25, 0.3) is 28.4 Å². The van der Waals surface area contributed by atoms with Crippen molar-refractivity contribution in [3.63, 3.8) is 0 Å². The van der Waals surface area contributed by atoms with Crippen LogP contribution in [0.1, 0.15) is 38.2 Å². The van der Waals surface area contributed by atoms with E-state index in [0.29, 0.717) is 29.2 Å². The molecule has 0 spiro atoms. The Morgan fingerprint density at radius 3 is 2.52 bits per heavy atom.